The van der Waals surface area contributed by atoms with Crippen LogP contribution in [0.4, 0.5) is 10.1 Å². The molecule has 1 aliphatic heterocycles. The van der Waals surface area contributed by atoms with Crippen molar-refractivity contribution in [3.63, 3.8) is 0 Å². The molecule has 0 bridgehead atoms. The molecule has 1 aromatic rings. The smallest absolute Gasteiger partial charge is 0.245 e. The minimum absolute atomic E-state index is 0.0309. The van der Waals surface area contributed by atoms with Gasteiger partial charge in [0.2, 0.25) is 10.0 Å². The van der Waals surface area contributed by atoms with Crippen molar-refractivity contribution in [1.29, 1.82) is 0 Å². The molecule has 2 rings (SSSR count). The first-order valence-corrected chi connectivity index (χ1v) is 8.88. The highest BCUT2D eigenvalue weighted by Crippen LogP contribution is 2.28. The van der Waals surface area contributed by atoms with Gasteiger partial charge in [-0.2, -0.15) is 4.31 Å². The Balaban J connectivity index is 2.24. The maximum Gasteiger partial charge on any atom is 0.245 e. The summed E-state index contributed by atoms with van der Waals surface area (Å²) < 4.78 is 45.7. The summed E-state index contributed by atoms with van der Waals surface area (Å²) in [6, 6.07) is 2.46. The Morgan fingerprint density at radius 3 is 2.81 bits per heavy atom. The minimum atomic E-state index is -3.95. The number of hydrogen-bond donors (Lipinski definition) is 1. The number of anilines is 1. The second kappa shape index (κ2) is 6.60. The second-order valence-electron chi connectivity index (χ2n) is 5.09. The molecule has 0 aromatic heterocycles. The minimum Gasteiger partial charge on any atom is -0.399 e. The summed E-state index contributed by atoms with van der Waals surface area (Å²) in [5.74, 6) is -0.833. The lowest BCUT2D eigenvalue weighted by atomic mass is 10.1. The van der Waals surface area contributed by atoms with Crippen LogP contribution in [0.5, 0.6) is 0 Å². The molecule has 21 heavy (non-hydrogen) atoms. The van der Waals surface area contributed by atoms with Gasteiger partial charge in [-0.3, -0.25) is 0 Å². The fourth-order valence-corrected chi connectivity index (χ4v) is 4.20. The molecule has 0 amide bonds. The summed E-state index contributed by atoms with van der Waals surface area (Å²) in [5.41, 5.74) is 5.79. The second-order valence-corrected chi connectivity index (χ2v) is 7.96. The average molecular weight is 381 g/mol. The summed E-state index contributed by atoms with van der Waals surface area (Å²) in [7, 11) is -2.53. The Morgan fingerprint density at radius 1 is 1.48 bits per heavy atom. The van der Waals surface area contributed by atoms with Crippen LogP contribution in [-0.2, 0) is 14.8 Å². The third-order valence-corrected chi connectivity index (χ3v) is 5.84. The van der Waals surface area contributed by atoms with E-state index < -0.39 is 20.7 Å². The fourth-order valence-electron chi connectivity index (χ4n) is 2.28. The van der Waals surface area contributed by atoms with E-state index in [1.54, 1.807) is 0 Å². The van der Waals surface area contributed by atoms with Crippen molar-refractivity contribution < 1.29 is 17.5 Å². The number of halogens is 2. The molecule has 2 N–H and O–H groups in total. The number of sulfonamides is 1. The molecule has 8 heteroatoms. The van der Waals surface area contributed by atoms with Crippen LogP contribution in [0.1, 0.15) is 19.3 Å². The van der Waals surface area contributed by atoms with Gasteiger partial charge in [0.1, 0.15) is 4.90 Å². The Morgan fingerprint density at radius 2 is 2.19 bits per heavy atom. The van der Waals surface area contributed by atoms with E-state index in [2.05, 4.69) is 15.9 Å². The number of likely N-dealkylation sites (N-methyl/N-ethyl adjacent to an activating group) is 1. The van der Waals surface area contributed by atoms with Crippen molar-refractivity contribution in [2.24, 2.45) is 0 Å². The van der Waals surface area contributed by atoms with Gasteiger partial charge in [-0.05, 0) is 47.3 Å². The maximum atomic E-state index is 14.1. The van der Waals surface area contributed by atoms with Crippen LogP contribution in [-0.4, -0.2) is 39.0 Å². The predicted octanol–water partition coefficient (Wildman–Crippen LogP) is 2.36. The number of nitrogen functional groups attached to an aromatic ring is 1. The monoisotopic (exact) mass is 380 g/mol. The normalized spacial score (nSPS) is 19.9. The van der Waals surface area contributed by atoms with Gasteiger partial charge in [-0.1, -0.05) is 0 Å². The van der Waals surface area contributed by atoms with Crippen LogP contribution in [0, 0.1) is 5.82 Å². The Bertz CT molecular complexity index is 618. The molecular weight excluding hydrogens is 363 g/mol. The van der Waals surface area contributed by atoms with Crippen LogP contribution < -0.4 is 5.73 Å². The van der Waals surface area contributed by atoms with Crippen molar-refractivity contribution in [2.45, 2.75) is 30.3 Å². The molecule has 1 fully saturated rings. The van der Waals surface area contributed by atoms with Crippen LogP contribution in [0.15, 0.2) is 21.5 Å². The lowest BCUT2D eigenvalue weighted by Crippen LogP contribution is -2.37. The fraction of sp³-hybridized carbons (Fsp3) is 0.538. The molecule has 1 aromatic carbocycles. The number of benzene rings is 1. The van der Waals surface area contributed by atoms with Crippen LogP contribution in [0.3, 0.4) is 0 Å². The molecule has 1 atom stereocenters. The summed E-state index contributed by atoms with van der Waals surface area (Å²) in [6.45, 7) is 0.838. The molecule has 0 spiro atoms. The van der Waals surface area contributed by atoms with Gasteiger partial charge in [-0.25, -0.2) is 12.8 Å². The van der Waals surface area contributed by atoms with Gasteiger partial charge < -0.3 is 10.5 Å². The van der Waals surface area contributed by atoms with Crippen molar-refractivity contribution >= 4 is 31.6 Å². The van der Waals surface area contributed by atoms with Gasteiger partial charge in [0.05, 0.1) is 10.6 Å². The molecule has 0 aliphatic carbocycles. The van der Waals surface area contributed by atoms with Crippen molar-refractivity contribution in [1.82, 2.24) is 4.31 Å². The lowest BCUT2D eigenvalue weighted by Gasteiger charge is -2.27. The first-order chi connectivity index (χ1) is 9.82. The summed E-state index contributed by atoms with van der Waals surface area (Å²) in [4.78, 5) is -0.423. The van der Waals surface area contributed by atoms with Crippen molar-refractivity contribution in [3.8, 4) is 0 Å². The number of hydrogen-bond acceptors (Lipinski definition) is 4. The topological polar surface area (TPSA) is 72.6 Å². The molecule has 1 aliphatic rings. The number of nitrogens with two attached hydrogens (primary N) is 1. The van der Waals surface area contributed by atoms with Gasteiger partial charge in [0, 0.05) is 25.9 Å². The first kappa shape index (κ1) is 16.7. The summed E-state index contributed by atoms with van der Waals surface area (Å²) >= 11 is 2.97. The van der Waals surface area contributed by atoms with E-state index in [4.69, 9.17) is 10.5 Å². The van der Waals surface area contributed by atoms with Crippen molar-refractivity contribution in [2.75, 3.05) is 25.9 Å². The molecular formula is C13H18BrFN2O3S. The zero-order valence-electron chi connectivity index (χ0n) is 11.7. The van der Waals surface area contributed by atoms with E-state index in [1.165, 1.54) is 13.1 Å². The van der Waals surface area contributed by atoms with Crippen LogP contribution in [0.2, 0.25) is 0 Å². The highest BCUT2D eigenvalue weighted by Gasteiger charge is 2.29. The standard InChI is InChI=1S/C13H18BrFN2O3S/c1-17(8-10-4-2-3-5-20-10)21(18,19)12-7-9(16)6-11(14)13(12)15/h6-7,10H,2-5,8,16H2,1H3. The maximum absolute atomic E-state index is 14.1. The summed E-state index contributed by atoms with van der Waals surface area (Å²) in [6.07, 6.45) is 2.66. The number of nitrogens with zero attached hydrogens (tertiary/aromatic N) is 1. The zero-order chi connectivity index (χ0) is 15.6. The SMILES string of the molecule is CN(CC1CCCCO1)S(=O)(=O)c1cc(N)cc(Br)c1F. The molecule has 1 heterocycles. The van der Waals surface area contributed by atoms with E-state index >= 15 is 0 Å². The largest absolute Gasteiger partial charge is 0.399 e. The van der Waals surface area contributed by atoms with Gasteiger partial charge in [0.25, 0.3) is 0 Å². The quantitative estimate of drug-likeness (QED) is 0.813. The van der Waals surface area contributed by atoms with Gasteiger partial charge >= 0.3 is 0 Å². The third-order valence-electron chi connectivity index (χ3n) is 3.44. The Kier molecular flexibility index (Phi) is 5.24. The van der Waals surface area contributed by atoms with E-state index in [-0.39, 0.29) is 22.8 Å². The molecule has 1 saturated heterocycles. The van der Waals surface area contributed by atoms with E-state index in [0.717, 1.165) is 29.6 Å². The average Bonchev–Trinajstić information content (AvgIpc) is 2.43. The highest BCUT2D eigenvalue weighted by molar-refractivity contribution is 9.10. The lowest BCUT2D eigenvalue weighted by molar-refractivity contribution is 0.00856. The highest BCUT2D eigenvalue weighted by atomic mass is 79.9. The zero-order valence-corrected chi connectivity index (χ0v) is 14.1. The van der Waals surface area contributed by atoms with Gasteiger partial charge in [0.15, 0.2) is 5.82 Å². The number of ether oxygens (including phenoxy) is 1. The van der Waals surface area contributed by atoms with Crippen LogP contribution in [0.25, 0.3) is 0 Å². The number of rotatable bonds is 4. The molecule has 5 nitrogen and oxygen atoms in total. The van der Waals surface area contributed by atoms with E-state index in [9.17, 15) is 12.8 Å². The molecule has 1 unspecified atom stereocenters. The van der Waals surface area contributed by atoms with Crippen molar-refractivity contribution in [3.05, 3.63) is 22.4 Å². The van der Waals surface area contributed by atoms with E-state index in [1.807, 2.05) is 0 Å². The van der Waals surface area contributed by atoms with E-state index in [0.29, 0.717) is 6.61 Å². The third kappa shape index (κ3) is 3.74. The first-order valence-electron chi connectivity index (χ1n) is 6.65. The molecule has 0 saturated carbocycles. The Labute approximate surface area is 132 Å². The summed E-state index contributed by atoms with van der Waals surface area (Å²) in [5, 5.41) is 0. The molecule has 0 radical (unpaired) electrons. The predicted molar refractivity (Wildman–Crippen MR) is 81.9 cm³/mol. The van der Waals surface area contributed by atoms with Crippen LogP contribution >= 0.6 is 15.9 Å². The van der Waals surface area contributed by atoms with Gasteiger partial charge in [-0.15, -0.1) is 0 Å². The Hall–Kier alpha value is -0.700. The molecule has 118 valence electrons.